The van der Waals surface area contributed by atoms with E-state index in [-0.39, 0.29) is 11.5 Å². The Hall–Kier alpha value is -3.85. The van der Waals surface area contributed by atoms with Gasteiger partial charge >= 0.3 is 5.97 Å². The molecule has 0 aliphatic rings. The second kappa shape index (κ2) is 7.81. The van der Waals surface area contributed by atoms with Crippen LogP contribution in [0.2, 0.25) is 0 Å². The zero-order valence-electron chi connectivity index (χ0n) is 13.9. The molecule has 6 nitrogen and oxygen atoms in total. The molecule has 0 atom stereocenters. The average Bonchev–Trinajstić information content (AvgIpc) is 3.22. The number of nitrogens with zero attached hydrogens (tertiary/aromatic N) is 2. The van der Waals surface area contributed by atoms with Crippen LogP contribution in [0.5, 0.6) is 11.5 Å². The highest BCUT2D eigenvalue weighted by atomic mass is 16.6. The van der Waals surface area contributed by atoms with Gasteiger partial charge < -0.3 is 13.9 Å². The van der Waals surface area contributed by atoms with Crippen molar-refractivity contribution in [3.63, 3.8) is 0 Å². The number of furan rings is 1. The first-order chi connectivity index (χ1) is 12.7. The number of carbonyl (C=O) groups is 1. The second-order valence-corrected chi connectivity index (χ2v) is 5.16. The molecule has 0 amide bonds. The van der Waals surface area contributed by atoms with Gasteiger partial charge in [0.2, 0.25) is 5.76 Å². The van der Waals surface area contributed by atoms with Crippen LogP contribution >= 0.6 is 0 Å². The summed E-state index contributed by atoms with van der Waals surface area (Å²) in [5, 5.41) is 9.38. The number of ether oxygens (including phenoxy) is 2. The largest absolute Gasteiger partial charge is 0.493 e. The van der Waals surface area contributed by atoms with Crippen molar-refractivity contribution in [2.75, 3.05) is 7.11 Å². The van der Waals surface area contributed by atoms with Gasteiger partial charge in [0, 0.05) is 6.20 Å². The molecule has 2 heterocycles. The minimum atomic E-state index is -0.622. The first-order valence-electron chi connectivity index (χ1n) is 7.68. The summed E-state index contributed by atoms with van der Waals surface area (Å²) >= 11 is 0. The molecule has 0 fully saturated rings. The van der Waals surface area contributed by atoms with Crippen LogP contribution in [0.4, 0.5) is 0 Å². The number of esters is 1. The number of methoxy groups -OCH3 is 1. The van der Waals surface area contributed by atoms with E-state index in [0.717, 1.165) is 0 Å². The summed E-state index contributed by atoms with van der Waals surface area (Å²) in [6.07, 6.45) is 4.70. The van der Waals surface area contributed by atoms with Crippen LogP contribution in [-0.2, 0) is 0 Å². The van der Waals surface area contributed by atoms with Gasteiger partial charge in [-0.3, -0.25) is 4.98 Å². The van der Waals surface area contributed by atoms with Crippen LogP contribution < -0.4 is 9.47 Å². The molecule has 3 aromatic rings. The van der Waals surface area contributed by atoms with Crippen LogP contribution in [0.25, 0.3) is 11.6 Å². The predicted octanol–water partition coefficient (Wildman–Crippen LogP) is 3.97. The third-order valence-electron chi connectivity index (χ3n) is 3.48. The van der Waals surface area contributed by atoms with Crippen molar-refractivity contribution in [2.45, 2.75) is 0 Å². The van der Waals surface area contributed by atoms with E-state index in [1.165, 1.54) is 19.4 Å². The summed E-state index contributed by atoms with van der Waals surface area (Å²) in [4.78, 5) is 16.2. The van der Waals surface area contributed by atoms with Crippen molar-refractivity contribution in [3.8, 4) is 17.6 Å². The van der Waals surface area contributed by atoms with Crippen molar-refractivity contribution in [1.82, 2.24) is 4.98 Å². The van der Waals surface area contributed by atoms with E-state index < -0.39 is 5.97 Å². The summed E-state index contributed by atoms with van der Waals surface area (Å²) in [6, 6.07) is 15.6. The topological polar surface area (TPSA) is 85.4 Å². The average molecular weight is 346 g/mol. The molecule has 26 heavy (non-hydrogen) atoms. The zero-order chi connectivity index (χ0) is 18.4. The highest BCUT2D eigenvalue weighted by Crippen LogP contribution is 2.30. The van der Waals surface area contributed by atoms with Crippen LogP contribution in [0.15, 0.2) is 65.4 Å². The van der Waals surface area contributed by atoms with Gasteiger partial charge in [0.15, 0.2) is 11.5 Å². The van der Waals surface area contributed by atoms with Gasteiger partial charge in [-0.1, -0.05) is 12.1 Å². The van der Waals surface area contributed by atoms with Gasteiger partial charge in [-0.25, -0.2) is 4.79 Å². The van der Waals surface area contributed by atoms with E-state index in [1.807, 2.05) is 6.07 Å². The Morgan fingerprint density at radius 3 is 2.73 bits per heavy atom. The number of aromatic nitrogens is 1. The summed E-state index contributed by atoms with van der Waals surface area (Å²) in [7, 11) is 1.47. The predicted molar refractivity (Wildman–Crippen MR) is 94.4 cm³/mol. The molecule has 0 unspecified atom stereocenters. The Kier molecular flexibility index (Phi) is 5.11. The molecule has 0 saturated heterocycles. The first-order valence-corrected chi connectivity index (χ1v) is 7.68. The van der Waals surface area contributed by atoms with Gasteiger partial charge in [0.1, 0.15) is 6.07 Å². The van der Waals surface area contributed by atoms with Gasteiger partial charge in [0.05, 0.1) is 24.6 Å². The molecule has 0 spiro atoms. The third-order valence-corrected chi connectivity index (χ3v) is 3.48. The standard InChI is InChI=1S/C20H14N2O4/c1-24-19-12-14(11-15(13-21)16-5-2-3-9-22-16)7-8-17(19)26-20(23)18-6-4-10-25-18/h2-12H,1H3. The van der Waals surface area contributed by atoms with Crippen molar-refractivity contribution in [1.29, 1.82) is 5.26 Å². The SMILES string of the molecule is COc1cc(C=C(C#N)c2ccccn2)ccc1OC(=O)c1ccco1. The van der Waals surface area contributed by atoms with Crippen LogP contribution in [-0.4, -0.2) is 18.1 Å². The van der Waals surface area contributed by atoms with E-state index in [1.54, 1.807) is 48.7 Å². The minimum absolute atomic E-state index is 0.0953. The lowest BCUT2D eigenvalue weighted by Gasteiger charge is -2.09. The molecule has 0 N–H and O–H groups in total. The lowest BCUT2D eigenvalue weighted by molar-refractivity contribution is 0.0696. The number of hydrogen-bond donors (Lipinski definition) is 0. The molecule has 0 bridgehead atoms. The number of benzene rings is 1. The summed E-state index contributed by atoms with van der Waals surface area (Å²) in [6.45, 7) is 0. The van der Waals surface area contributed by atoms with Crippen molar-refractivity contribution in [2.24, 2.45) is 0 Å². The third kappa shape index (κ3) is 3.79. The molecular weight excluding hydrogens is 332 g/mol. The van der Waals surface area contributed by atoms with Crippen molar-refractivity contribution in [3.05, 3.63) is 78.0 Å². The number of rotatable bonds is 5. The van der Waals surface area contributed by atoms with Crippen molar-refractivity contribution < 1.29 is 18.7 Å². The Labute approximate surface area is 149 Å². The lowest BCUT2D eigenvalue weighted by Crippen LogP contribution is -2.08. The highest BCUT2D eigenvalue weighted by Gasteiger charge is 2.15. The Bertz CT molecular complexity index is 971. The second-order valence-electron chi connectivity index (χ2n) is 5.16. The van der Waals surface area contributed by atoms with Gasteiger partial charge in [-0.05, 0) is 48.0 Å². The highest BCUT2D eigenvalue weighted by molar-refractivity contribution is 5.90. The summed E-state index contributed by atoms with van der Waals surface area (Å²) in [5.41, 5.74) is 1.69. The zero-order valence-corrected chi connectivity index (χ0v) is 13.9. The van der Waals surface area contributed by atoms with E-state index >= 15 is 0 Å². The Morgan fingerprint density at radius 1 is 1.19 bits per heavy atom. The van der Waals surface area contributed by atoms with Gasteiger partial charge in [-0.2, -0.15) is 5.26 Å². The molecule has 2 aromatic heterocycles. The minimum Gasteiger partial charge on any atom is -0.493 e. The molecule has 3 rings (SSSR count). The number of allylic oxidation sites excluding steroid dienone is 1. The number of nitriles is 1. The number of pyridine rings is 1. The van der Waals surface area contributed by atoms with E-state index in [2.05, 4.69) is 11.1 Å². The fourth-order valence-corrected chi connectivity index (χ4v) is 2.26. The molecule has 0 aliphatic heterocycles. The monoisotopic (exact) mass is 346 g/mol. The summed E-state index contributed by atoms with van der Waals surface area (Å²) in [5.74, 6) is 0.0834. The van der Waals surface area contributed by atoms with E-state index in [9.17, 15) is 10.1 Å². The Morgan fingerprint density at radius 2 is 2.08 bits per heavy atom. The van der Waals surface area contributed by atoms with Crippen LogP contribution in [0.1, 0.15) is 21.8 Å². The quantitative estimate of drug-likeness (QED) is 0.395. The fourth-order valence-electron chi connectivity index (χ4n) is 2.26. The number of hydrogen-bond acceptors (Lipinski definition) is 6. The van der Waals surface area contributed by atoms with Crippen molar-refractivity contribution >= 4 is 17.6 Å². The fraction of sp³-hybridized carbons (Fsp3) is 0.0500. The van der Waals surface area contributed by atoms with Crippen LogP contribution in [0, 0.1) is 11.3 Å². The summed E-state index contributed by atoms with van der Waals surface area (Å²) < 4.78 is 15.6. The molecule has 1 aromatic carbocycles. The molecule has 0 saturated carbocycles. The maximum Gasteiger partial charge on any atom is 0.379 e. The van der Waals surface area contributed by atoms with Crippen LogP contribution in [0.3, 0.4) is 0 Å². The molecule has 128 valence electrons. The molecule has 6 heteroatoms. The molecular formula is C20H14N2O4. The van der Waals surface area contributed by atoms with Gasteiger partial charge in [0.25, 0.3) is 0 Å². The molecule has 0 aliphatic carbocycles. The Balaban J connectivity index is 1.88. The maximum atomic E-state index is 12.0. The normalized spacial score (nSPS) is 10.8. The smallest absolute Gasteiger partial charge is 0.379 e. The number of carbonyl (C=O) groups excluding carboxylic acids is 1. The lowest BCUT2D eigenvalue weighted by atomic mass is 10.1. The van der Waals surface area contributed by atoms with E-state index in [4.69, 9.17) is 13.9 Å². The van der Waals surface area contributed by atoms with E-state index in [0.29, 0.717) is 22.6 Å². The first kappa shape index (κ1) is 17.0. The molecule has 0 radical (unpaired) electrons. The maximum absolute atomic E-state index is 12.0. The van der Waals surface area contributed by atoms with Gasteiger partial charge in [-0.15, -0.1) is 0 Å².